The first-order chi connectivity index (χ1) is 8.11. The van der Waals surface area contributed by atoms with E-state index in [-0.39, 0.29) is 31.1 Å². The third-order valence-corrected chi connectivity index (χ3v) is 2.36. The predicted octanol–water partition coefficient (Wildman–Crippen LogP) is -2.15. The second kappa shape index (κ2) is 10.0. The topological polar surface area (TPSA) is 122 Å². The van der Waals surface area contributed by atoms with Gasteiger partial charge in [0.1, 0.15) is 0 Å². The van der Waals surface area contributed by atoms with Crippen LogP contribution in [0.2, 0.25) is 0 Å². The molecule has 0 bridgehead atoms. The van der Waals surface area contributed by atoms with Gasteiger partial charge in [-0.15, -0.1) is 0 Å². The van der Waals surface area contributed by atoms with E-state index in [1.165, 1.54) is 0 Å². The lowest BCUT2D eigenvalue weighted by Crippen LogP contribution is -2.39. The maximum atomic E-state index is 11.1. The highest BCUT2D eigenvalue weighted by Crippen LogP contribution is 1.99. The molecule has 0 spiro atoms. The van der Waals surface area contributed by atoms with Gasteiger partial charge in [0.2, 0.25) is 11.8 Å². The molecular formula is C10H23N5O2. The van der Waals surface area contributed by atoms with Gasteiger partial charge in [-0.2, -0.15) is 0 Å². The van der Waals surface area contributed by atoms with E-state index in [2.05, 4.69) is 16.0 Å². The van der Waals surface area contributed by atoms with Gasteiger partial charge in [0.25, 0.3) is 0 Å². The molecule has 100 valence electrons. The molecule has 7 N–H and O–H groups in total. The van der Waals surface area contributed by atoms with Crippen molar-refractivity contribution in [2.24, 2.45) is 11.5 Å². The standard InChI is InChI=1S/C10H23N5O2/c1-13-8(10(12)17)4-2-3-5-15-9(16)6-14-7-11/h8,13-14H,2-7,11H2,1H3,(H2,12,17)(H,15,16). The van der Waals surface area contributed by atoms with E-state index in [4.69, 9.17) is 11.5 Å². The second-order valence-electron chi connectivity index (χ2n) is 3.72. The van der Waals surface area contributed by atoms with Gasteiger partial charge >= 0.3 is 0 Å². The molecule has 7 heteroatoms. The van der Waals surface area contributed by atoms with Gasteiger partial charge in [0.05, 0.1) is 12.6 Å². The van der Waals surface area contributed by atoms with Crippen molar-refractivity contribution in [2.45, 2.75) is 25.3 Å². The summed E-state index contributed by atoms with van der Waals surface area (Å²) in [5.41, 5.74) is 10.4. The van der Waals surface area contributed by atoms with Crippen molar-refractivity contribution in [2.75, 3.05) is 26.8 Å². The van der Waals surface area contributed by atoms with E-state index >= 15 is 0 Å². The lowest BCUT2D eigenvalue weighted by atomic mass is 10.1. The molecule has 0 aliphatic rings. The number of carbonyl (C=O) groups excluding carboxylic acids is 2. The number of unbranched alkanes of at least 4 members (excludes halogenated alkanes) is 1. The predicted molar refractivity (Wildman–Crippen MR) is 66.0 cm³/mol. The monoisotopic (exact) mass is 245 g/mol. The van der Waals surface area contributed by atoms with E-state index in [0.717, 1.165) is 12.8 Å². The van der Waals surface area contributed by atoms with E-state index in [9.17, 15) is 9.59 Å². The van der Waals surface area contributed by atoms with Crippen molar-refractivity contribution in [3.8, 4) is 0 Å². The van der Waals surface area contributed by atoms with Crippen molar-refractivity contribution >= 4 is 11.8 Å². The summed E-state index contributed by atoms with van der Waals surface area (Å²) >= 11 is 0. The molecule has 0 aromatic heterocycles. The molecule has 17 heavy (non-hydrogen) atoms. The first-order valence-electron chi connectivity index (χ1n) is 5.75. The number of hydrogen-bond acceptors (Lipinski definition) is 5. The van der Waals surface area contributed by atoms with E-state index in [0.29, 0.717) is 13.0 Å². The Labute approximate surface area is 102 Å². The molecule has 0 aliphatic heterocycles. The highest BCUT2D eigenvalue weighted by Gasteiger charge is 2.11. The summed E-state index contributed by atoms with van der Waals surface area (Å²) in [6.45, 7) is 1.12. The Morgan fingerprint density at radius 3 is 2.53 bits per heavy atom. The van der Waals surface area contributed by atoms with Crippen molar-refractivity contribution in [3.05, 3.63) is 0 Å². The van der Waals surface area contributed by atoms with Gasteiger partial charge in [-0.05, 0) is 26.3 Å². The van der Waals surface area contributed by atoms with Gasteiger partial charge in [-0.3, -0.25) is 14.9 Å². The van der Waals surface area contributed by atoms with Crippen LogP contribution in [0.5, 0.6) is 0 Å². The minimum Gasteiger partial charge on any atom is -0.368 e. The fourth-order valence-corrected chi connectivity index (χ4v) is 1.38. The van der Waals surface area contributed by atoms with Crippen LogP contribution >= 0.6 is 0 Å². The van der Waals surface area contributed by atoms with Crippen molar-refractivity contribution in [3.63, 3.8) is 0 Å². The van der Waals surface area contributed by atoms with Gasteiger partial charge in [0.15, 0.2) is 0 Å². The number of hydrogen-bond donors (Lipinski definition) is 5. The lowest BCUT2D eigenvalue weighted by Gasteiger charge is -2.11. The maximum Gasteiger partial charge on any atom is 0.234 e. The largest absolute Gasteiger partial charge is 0.368 e. The minimum absolute atomic E-state index is 0.0736. The maximum absolute atomic E-state index is 11.1. The van der Waals surface area contributed by atoms with Crippen molar-refractivity contribution in [1.82, 2.24) is 16.0 Å². The summed E-state index contributed by atoms with van der Waals surface area (Å²) in [6, 6.07) is -0.287. The Kier molecular flexibility index (Phi) is 9.31. The molecule has 0 saturated carbocycles. The zero-order valence-corrected chi connectivity index (χ0v) is 10.3. The normalized spacial score (nSPS) is 12.1. The number of carbonyl (C=O) groups is 2. The van der Waals surface area contributed by atoms with Gasteiger partial charge < -0.3 is 22.1 Å². The fraction of sp³-hybridized carbons (Fsp3) is 0.800. The van der Waals surface area contributed by atoms with Crippen LogP contribution in [0.15, 0.2) is 0 Å². The van der Waals surface area contributed by atoms with Crippen LogP contribution in [0.25, 0.3) is 0 Å². The number of rotatable bonds is 10. The molecule has 0 aromatic rings. The SMILES string of the molecule is CNC(CCCCNC(=O)CNCN)C(N)=O. The van der Waals surface area contributed by atoms with Crippen LogP contribution in [0.3, 0.4) is 0 Å². The molecule has 7 nitrogen and oxygen atoms in total. The Morgan fingerprint density at radius 1 is 1.29 bits per heavy atom. The molecule has 2 amide bonds. The Bertz CT molecular complexity index is 235. The van der Waals surface area contributed by atoms with E-state index in [1.807, 2.05) is 0 Å². The van der Waals surface area contributed by atoms with Crippen molar-refractivity contribution < 1.29 is 9.59 Å². The number of primary amides is 1. The van der Waals surface area contributed by atoms with E-state index < -0.39 is 0 Å². The minimum atomic E-state index is -0.344. The highest BCUT2D eigenvalue weighted by molar-refractivity contribution is 5.79. The Morgan fingerprint density at radius 2 is 2.00 bits per heavy atom. The summed E-state index contributed by atoms with van der Waals surface area (Å²) in [4.78, 5) is 22.0. The fourth-order valence-electron chi connectivity index (χ4n) is 1.38. The molecule has 0 aliphatic carbocycles. The summed E-state index contributed by atoms with van der Waals surface area (Å²) in [5, 5.41) is 8.31. The molecule has 0 saturated heterocycles. The number of likely N-dealkylation sites (N-methyl/N-ethyl adjacent to an activating group) is 1. The molecule has 0 radical (unpaired) electrons. The molecule has 0 rings (SSSR count). The summed E-state index contributed by atoms with van der Waals surface area (Å²) in [7, 11) is 1.70. The first-order valence-corrected chi connectivity index (χ1v) is 5.75. The molecule has 1 unspecified atom stereocenters. The van der Waals surface area contributed by atoms with E-state index in [1.54, 1.807) is 7.05 Å². The van der Waals surface area contributed by atoms with Gasteiger partial charge in [0, 0.05) is 13.2 Å². The molecule has 0 aromatic carbocycles. The number of nitrogens with one attached hydrogen (secondary N) is 3. The van der Waals surface area contributed by atoms with Crippen LogP contribution in [-0.4, -0.2) is 44.7 Å². The zero-order valence-electron chi connectivity index (χ0n) is 10.3. The Balaban J connectivity index is 3.45. The first kappa shape index (κ1) is 15.8. The smallest absolute Gasteiger partial charge is 0.234 e. The summed E-state index contributed by atoms with van der Waals surface area (Å²) < 4.78 is 0. The van der Waals surface area contributed by atoms with Crippen LogP contribution < -0.4 is 27.4 Å². The van der Waals surface area contributed by atoms with Crippen LogP contribution in [-0.2, 0) is 9.59 Å². The summed E-state index contributed by atoms with van der Waals surface area (Å²) in [5.74, 6) is -0.417. The molecule has 1 atom stereocenters. The quantitative estimate of drug-likeness (QED) is 0.222. The average molecular weight is 245 g/mol. The number of nitrogens with two attached hydrogens (primary N) is 2. The molecular weight excluding hydrogens is 222 g/mol. The highest BCUT2D eigenvalue weighted by atomic mass is 16.2. The summed E-state index contributed by atoms with van der Waals surface area (Å²) in [6.07, 6.45) is 2.33. The average Bonchev–Trinajstić information content (AvgIpc) is 2.30. The lowest BCUT2D eigenvalue weighted by molar-refractivity contribution is -0.121. The van der Waals surface area contributed by atoms with Gasteiger partial charge in [-0.25, -0.2) is 0 Å². The molecule has 0 heterocycles. The van der Waals surface area contributed by atoms with Gasteiger partial charge in [-0.1, -0.05) is 0 Å². The van der Waals surface area contributed by atoms with Crippen LogP contribution in [0.4, 0.5) is 0 Å². The Hall–Kier alpha value is -1.18. The third kappa shape index (κ3) is 8.61. The third-order valence-electron chi connectivity index (χ3n) is 2.36. The van der Waals surface area contributed by atoms with Crippen LogP contribution in [0, 0.1) is 0 Å². The molecule has 0 fully saturated rings. The second-order valence-corrected chi connectivity index (χ2v) is 3.72. The van der Waals surface area contributed by atoms with Crippen LogP contribution in [0.1, 0.15) is 19.3 Å². The number of amides is 2. The zero-order chi connectivity index (χ0) is 13.1. The van der Waals surface area contributed by atoms with Crippen molar-refractivity contribution in [1.29, 1.82) is 0 Å².